The number of rotatable bonds is 10. The van der Waals surface area contributed by atoms with Crippen molar-refractivity contribution in [2.24, 2.45) is 0 Å². The fourth-order valence-electron chi connectivity index (χ4n) is 2.85. The van der Waals surface area contributed by atoms with Crippen molar-refractivity contribution in [1.29, 1.82) is 0 Å². The molecule has 0 aliphatic carbocycles. The van der Waals surface area contributed by atoms with Gasteiger partial charge in [0.2, 0.25) is 0 Å². The van der Waals surface area contributed by atoms with E-state index in [1.54, 1.807) is 0 Å². The maximum atomic E-state index is 12.3. The van der Waals surface area contributed by atoms with Crippen molar-refractivity contribution in [2.45, 2.75) is 59.4 Å². The summed E-state index contributed by atoms with van der Waals surface area (Å²) in [6.45, 7) is 8.67. The smallest absolute Gasteiger partial charge is 0.335 e. The molecule has 0 saturated heterocycles. The van der Waals surface area contributed by atoms with E-state index >= 15 is 0 Å². The number of ether oxygens (including phenoxy) is 3. The summed E-state index contributed by atoms with van der Waals surface area (Å²) in [7, 11) is 0. The number of carbonyl (C=O) groups excluding carboxylic acids is 1. The molecule has 2 aromatic carbocycles. The quantitative estimate of drug-likeness (QED) is 0.567. The van der Waals surface area contributed by atoms with Crippen LogP contribution < -0.4 is 4.74 Å². The van der Waals surface area contributed by atoms with Crippen LogP contribution in [0.3, 0.4) is 0 Å². The van der Waals surface area contributed by atoms with E-state index in [4.69, 9.17) is 14.2 Å². The van der Waals surface area contributed by atoms with Crippen molar-refractivity contribution in [2.75, 3.05) is 6.61 Å². The largest absolute Gasteiger partial charge is 0.489 e. The topological polar surface area (TPSA) is 44.8 Å². The Hall–Kier alpha value is -2.33. The second-order valence-corrected chi connectivity index (χ2v) is 6.70. The summed E-state index contributed by atoms with van der Waals surface area (Å²) in [5, 5.41) is 0. The molecule has 0 aromatic heterocycles. The first kappa shape index (κ1) is 21.0. The third-order valence-corrected chi connectivity index (χ3v) is 4.15. The molecular weight excluding hydrogens is 340 g/mol. The van der Waals surface area contributed by atoms with Crippen molar-refractivity contribution in [3.8, 4) is 5.75 Å². The van der Waals surface area contributed by atoms with Gasteiger partial charge in [0.25, 0.3) is 0 Å². The molecule has 0 fully saturated rings. The van der Waals surface area contributed by atoms with Gasteiger partial charge in [0.1, 0.15) is 12.4 Å². The molecule has 0 amide bonds. The van der Waals surface area contributed by atoms with Crippen LogP contribution in [0.15, 0.2) is 48.5 Å². The molecule has 0 aliphatic heterocycles. The maximum Gasteiger partial charge on any atom is 0.335 e. The van der Waals surface area contributed by atoms with Crippen LogP contribution in [0.1, 0.15) is 44.4 Å². The van der Waals surface area contributed by atoms with Gasteiger partial charge in [-0.15, -0.1) is 0 Å². The lowest BCUT2D eigenvalue weighted by Crippen LogP contribution is -2.30. The van der Waals surface area contributed by atoms with E-state index in [-0.39, 0.29) is 12.1 Å². The summed E-state index contributed by atoms with van der Waals surface area (Å²) in [4.78, 5) is 12.3. The number of aryl methyl sites for hydroxylation is 1. The summed E-state index contributed by atoms with van der Waals surface area (Å²) < 4.78 is 16.9. The van der Waals surface area contributed by atoms with Crippen molar-refractivity contribution in [1.82, 2.24) is 0 Å². The van der Waals surface area contributed by atoms with E-state index in [9.17, 15) is 4.79 Å². The molecule has 4 heteroatoms. The van der Waals surface area contributed by atoms with Gasteiger partial charge < -0.3 is 14.2 Å². The van der Waals surface area contributed by atoms with Crippen LogP contribution in [-0.4, -0.2) is 24.8 Å². The minimum Gasteiger partial charge on any atom is -0.489 e. The first-order chi connectivity index (χ1) is 13.0. The predicted molar refractivity (Wildman–Crippen MR) is 107 cm³/mol. The van der Waals surface area contributed by atoms with Crippen LogP contribution >= 0.6 is 0 Å². The first-order valence-electron chi connectivity index (χ1n) is 9.64. The molecule has 1 atom stereocenters. The molecule has 0 saturated carbocycles. The Morgan fingerprint density at radius 2 is 1.74 bits per heavy atom. The highest BCUT2D eigenvalue weighted by molar-refractivity contribution is 5.75. The zero-order valence-corrected chi connectivity index (χ0v) is 16.7. The zero-order valence-electron chi connectivity index (χ0n) is 16.7. The Kier molecular flexibility index (Phi) is 8.34. The van der Waals surface area contributed by atoms with Crippen LogP contribution in [0, 0.1) is 0 Å². The molecule has 0 heterocycles. The molecule has 0 spiro atoms. The summed E-state index contributed by atoms with van der Waals surface area (Å²) in [5.41, 5.74) is 3.30. The van der Waals surface area contributed by atoms with Gasteiger partial charge in [-0.1, -0.05) is 49.4 Å². The van der Waals surface area contributed by atoms with Gasteiger partial charge in [0.15, 0.2) is 6.10 Å². The van der Waals surface area contributed by atoms with Gasteiger partial charge in [-0.2, -0.15) is 0 Å². The van der Waals surface area contributed by atoms with E-state index in [1.165, 1.54) is 0 Å². The molecule has 0 N–H and O–H groups in total. The molecule has 0 unspecified atom stereocenters. The Bertz CT molecular complexity index is 710. The van der Waals surface area contributed by atoms with Gasteiger partial charge in [0.05, 0.1) is 6.10 Å². The van der Waals surface area contributed by atoms with E-state index in [2.05, 4.69) is 13.0 Å². The lowest BCUT2D eigenvalue weighted by atomic mass is 10.0. The Balaban J connectivity index is 2.07. The molecule has 0 radical (unpaired) electrons. The van der Waals surface area contributed by atoms with Crippen LogP contribution in [0.4, 0.5) is 0 Å². The first-order valence-corrected chi connectivity index (χ1v) is 9.64. The second kappa shape index (κ2) is 10.7. The van der Waals surface area contributed by atoms with Gasteiger partial charge in [-0.3, -0.25) is 0 Å². The van der Waals surface area contributed by atoms with Crippen LogP contribution in [0.2, 0.25) is 0 Å². The van der Waals surface area contributed by atoms with Crippen LogP contribution in [0.25, 0.3) is 0 Å². The maximum absolute atomic E-state index is 12.3. The summed E-state index contributed by atoms with van der Waals surface area (Å²) >= 11 is 0. The second-order valence-electron chi connectivity index (χ2n) is 6.70. The SMILES string of the molecule is CCO[C@@H](Cc1ccc(OCc2ccccc2)c(CC)c1)C(=O)OC(C)C. The summed E-state index contributed by atoms with van der Waals surface area (Å²) in [5.74, 6) is 0.567. The summed E-state index contributed by atoms with van der Waals surface area (Å²) in [6, 6.07) is 16.2. The molecule has 0 aliphatic rings. The lowest BCUT2D eigenvalue weighted by molar-refractivity contribution is -0.160. The van der Waals surface area contributed by atoms with E-state index in [1.807, 2.05) is 63.2 Å². The average Bonchev–Trinajstić information content (AvgIpc) is 2.66. The normalized spacial score (nSPS) is 12.0. The number of carbonyl (C=O) groups is 1. The van der Waals surface area contributed by atoms with Crippen molar-refractivity contribution in [3.05, 3.63) is 65.2 Å². The Morgan fingerprint density at radius 3 is 2.37 bits per heavy atom. The third-order valence-electron chi connectivity index (χ3n) is 4.15. The molecule has 2 rings (SSSR count). The van der Waals surface area contributed by atoms with E-state index in [0.29, 0.717) is 19.6 Å². The van der Waals surface area contributed by atoms with Crippen LogP contribution in [0.5, 0.6) is 5.75 Å². The minimum absolute atomic E-state index is 0.152. The van der Waals surface area contributed by atoms with Gasteiger partial charge >= 0.3 is 5.97 Å². The zero-order chi connectivity index (χ0) is 19.6. The Morgan fingerprint density at radius 1 is 1.00 bits per heavy atom. The third kappa shape index (κ3) is 6.72. The van der Waals surface area contributed by atoms with Crippen molar-refractivity contribution in [3.63, 3.8) is 0 Å². The highest BCUT2D eigenvalue weighted by Crippen LogP contribution is 2.23. The molecular formula is C23H30O4. The number of hydrogen-bond donors (Lipinski definition) is 0. The fraction of sp³-hybridized carbons (Fsp3) is 0.435. The fourth-order valence-corrected chi connectivity index (χ4v) is 2.85. The molecule has 0 bridgehead atoms. The lowest BCUT2D eigenvalue weighted by Gasteiger charge is -2.19. The molecule has 27 heavy (non-hydrogen) atoms. The highest BCUT2D eigenvalue weighted by Gasteiger charge is 2.22. The number of benzene rings is 2. The van der Waals surface area contributed by atoms with Gasteiger partial charge in [-0.05, 0) is 49.9 Å². The Labute approximate surface area is 162 Å². The molecule has 4 nitrogen and oxygen atoms in total. The van der Waals surface area contributed by atoms with E-state index in [0.717, 1.165) is 28.9 Å². The average molecular weight is 370 g/mol. The summed E-state index contributed by atoms with van der Waals surface area (Å²) in [6.07, 6.45) is 0.609. The number of hydrogen-bond acceptors (Lipinski definition) is 4. The molecule has 146 valence electrons. The molecule has 2 aromatic rings. The monoisotopic (exact) mass is 370 g/mol. The standard InChI is InChI=1S/C23H30O4/c1-5-20-14-19(15-22(25-6-2)23(24)27-17(3)4)12-13-21(20)26-16-18-10-8-7-9-11-18/h7-14,17,22H,5-6,15-16H2,1-4H3/t22-/m0/s1. The minimum atomic E-state index is -0.585. The predicted octanol–water partition coefficient (Wildman–Crippen LogP) is 4.73. The van der Waals surface area contributed by atoms with Crippen molar-refractivity contribution >= 4 is 5.97 Å². The number of esters is 1. The van der Waals surface area contributed by atoms with Gasteiger partial charge in [0, 0.05) is 13.0 Å². The van der Waals surface area contributed by atoms with Gasteiger partial charge in [-0.25, -0.2) is 4.79 Å². The van der Waals surface area contributed by atoms with Crippen molar-refractivity contribution < 1.29 is 19.0 Å². The highest BCUT2D eigenvalue weighted by atomic mass is 16.6. The van der Waals surface area contributed by atoms with E-state index < -0.39 is 6.10 Å². The van der Waals surface area contributed by atoms with Crippen LogP contribution in [-0.2, 0) is 33.7 Å².